The van der Waals surface area contributed by atoms with E-state index >= 15 is 0 Å². The SMILES string of the molecule is Cc1cc(OC(C)C(=O)N(Cc2ccco2)Cc2ccco2)ccc1Cl. The summed E-state index contributed by atoms with van der Waals surface area (Å²) >= 11 is 6.04. The van der Waals surface area contributed by atoms with Crippen LogP contribution in [0.25, 0.3) is 0 Å². The van der Waals surface area contributed by atoms with Crippen LogP contribution in [0.1, 0.15) is 24.0 Å². The molecule has 0 N–H and O–H groups in total. The van der Waals surface area contributed by atoms with Gasteiger partial charge in [0, 0.05) is 5.02 Å². The van der Waals surface area contributed by atoms with Crippen molar-refractivity contribution in [2.75, 3.05) is 0 Å². The quantitative estimate of drug-likeness (QED) is 0.595. The minimum absolute atomic E-state index is 0.162. The van der Waals surface area contributed by atoms with E-state index in [9.17, 15) is 4.79 Å². The van der Waals surface area contributed by atoms with Gasteiger partial charge in [0.05, 0.1) is 25.6 Å². The Hall–Kier alpha value is -2.66. The molecule has 136 valence electrons. The summed E-state index contributed by atoms with van der Waals surface area (Å²) in [7, 11) is 0. The molecule has 0 aliphatic carbocycles. The predicted molar refractivity (Wildman–Crippen MR) is 97.9 cm³/mol. The highest BCUT2D eigenvalue weighted by atomic mass is 35.5. The molecule has 0 bridgehead atoms. The number of amides is 1. The Morgan fingerprint density at radius 3 is 2.23 bits per heavy atom. The molecule has 3 aromatic rings. The maximum atomic E-state index is 12.9. The molecule has 0 saturated carbocycles. The first-order valence-corrected chi connectivity index (χ1v) is 8.67. The van der Waals surface area contributed by atoms with Crippen LogP contribution in [0.4, 0.5) is 0 Å². The highest BCUT2D eigenvalue weighted by Gasteiger charge is 2.24. The topological polar surface area (TPSA) is 55.8 Å². The third-order valence-electron chi connectivity index (χ3n) is 3.96. The van der Waals surface area contributed by atoms with E-state index in [1.54, 1.807) is 48.6 Å². The summed E-state index contributed by atoms with van der Waals surface area (Å²) in [5.41, 5.74) is 0.895. The van der Waals surface area contributed by atoms with E-state index in [0.717, 1.165) is 5.56 Å². The number of hydrogen-bond acceptors (Lipinski definition) is 4. The number of carbonyl (C=O) groups is 1. The van der Waals surface area contributed by atoms with Gasteiger partial charge in [0.2, 0.25) is 0 Å². The summed E-state index contributed by atoms with van der Waals surface area (Å²) < 4.78 is 16.6. The molecule has 0 saturated heterocycles. The second kappa shape index (κ2) is 8.15. The highest BCUT2D eigenvalue weighted by molar-refractivity contribution is 6.31. The van der Waals surface area contributed by atoms with E-state index in [1.807, 2.05) is 25.1 Å². The van der Waals surface area contributed by atoms with E-state index in [4.69, 9.17) is 25.2 Å². The Kier molecular flexibility index (Phi) is 5.68. The Labute approximate surface area is 157 Å². The van der Waals surface area contributed by atoms with Crippen LogP contribution >= 0.6 is 11.6 Å². The second-order valence-electron chi connectivity index (χ2n) is 6.02. The second-order valence-corrected chi connectivity index (χ2v) is 6.43. The maximum absolute atomic E-state index is 12.9. The summed E-state index contributed by atoms with van der Waals surface area (Å²) in [6, 6.07) is 12.6. The molecule has 6 heteroatoms. The van der Waals surface area contributed by atoms with Crippen molar-refractivity contribution < 1.29 is 18.4 Å². The molecular formula is C20H20ClNO4. The standard InChI is InChI=1S/C20H20ClNO4/c1-14-11-16(7-8-19(14)21)26-15(2)20(23)22(12-17-5-3-9-24-17)13-18-6-4-10-25-18/h3-11,15H,12-13H2,1-2H3. The van der Waals surface area contributed by atoms with E-state index in [0.29, 0.717) is 35.4 Å². The van der Waals surface area contributed by atoms with E-state index in [1.165, 1.54) is 0 Å². The van der Waals surface area contributed by atoms with Crippen LogP contribution in [0.5, 0.6) is 5.75 Å². The minimum Gasteiger partial charge on any atom is -0.481 e. The summed E-state index contributed by atoms with van der Waals surface area (Å²) in [4.78, 5) is 14.6. The third-order valence-corrected chi connectivity index (χ3v) is 4.38. The summed E-state index contributed by atoms with van der Waals surface area (Å²) in [6.07, 6.45) is 2.50. The van der Waals surface area contributed by atoms with Crippen LogP contribution in [-0.4, -0.2) is 16.9 Å². The molecule has 0 fully saturated rings. The Morgan fingerprint density at radius 1 is 1.12 bits per heavy atom. The number of nitrogens with zero attached hydrogens (tertiary/aromatic N) is 1. The normalized spacial score (nSPS) is 12.0. The first-order valence-electron chi connectivity index (χ1n) is 8.29. The lowest BCUT2D eigenvalue weighted by molar-refractivity contribution is -0.139. The first kappa shape index (κ1) is 18.1. The van der Waals surface area contributed by atoms with Gasteiger partial charge in [-0.2, -0.15) is 0 Å². The van der Waals surface area contributed by atoms with Gasteiger partial charge in [-0.3, -0.25) is 4.79 Å². The van der Waals surface area contributed by atoms with Gasteiger partial charge < -0.3 is 18.5 Å². The summed E-state index contributed by atoms with van der Waals surface area (Å²) in [5.74, 6) is 1.83. The van der Waals surface area contributed by atoms with Gasteiger partial charge in [0.1, 0.15) is 17.3 Å². The van der Waals surface area contributed by atoms with Gasteiger partial charge in [-0.1, -0.05) is 11.6 Å². The lowest BCUT2D eigenvalue weighted by atomic mass is 10.2. The maximum Gasteiger partial charge on any atom is 0.264 e. The third kappa shape index (κ3) is 4.49. The molecule has 2 heterocycles. The average molecular weight is 374 g/mol. The number of ether oxygens (including phenoxy) is 1. The molecule has 1 unspecified atom stereocenters. The van der Waals surface area contributed by atoms with Crippen molar-refractivity contribution in [3.63, 3.8) is 0 Å². The number of halogens is 1. The fraction of sp³-hybridized carbons (Fsp3) is 0.250. The van der Waals surface area contributed by atoms with E-state index < -0.39 is 6.10 Å². The average Bonchev–Trinajstić information content (AvgIpc) is 3.31. The molecule has 0 radical (unpaired) electrons. The molecule has 1 amide bonds. The largest absolute Gasteiger partial charge is 0.481 e. The van der Waals surface area contributed by atoms with Crippen molar-refractivity contribution in [2.45, 2.75) is 33.0 Å². The fourth-order valence-electron chi connectivity index (χ4n) is 2.60. The van der Waals surface area contributed by atoms with Gasteiger partial charge in [-0.15, -0.1) is 0 Å². The van der Waals surface area contributed by atoms with E-state index in [-0.39, 0.29) is 5.91 Å². The summed E-state index contributed by atoms with van der Waals surface area (Å²) in [6.45, 7) is 4.28. The molecular weight excluding hydrogens is 354 g/mol. The monoisotopic (exact) mass is 373 g/mol. The van der Waals surface area contributed by atoms with Crippen molar-refractivity contribution in [3.8, 4) is 5.75 Å². The van der Waals surface area contributed by atoms with Gasteiger partial charge >= 0.3 is 0 Å². The van der Waals surface area contributed by atoms with Crippen LogP contribution in [-0.2, 0) is 17.9 Å². The van der Waals surface area contributed by atoms with Crippen LogP contribution in [0.2, 0.25) is 5.02 Å². The van der Waals surface area contributed by atoms with Crippen molar-refractivity contribution in [3.05, 3.63) is 77.1 Å². The van der Waals surface area contributed by atoms with Crippen LogP contribution in [0, 0.1) is 6.92 Å². The molecule has 0 aliphatic rings. The molecule has 0 aliphatic heterocycles. The molecule has 3 rings (SSSR count). The predicted octanol–water partition coefficient (Wildman–Crippen LogP) is 4.83. The van der Waals surface area contributed by atoms with Crippen molar-refractivity contribution in [1.82, 2.24) is 4.90 Å². The number of aryl methyl sites for hydroxylation is 1. The number of furan rings is 2. The van der Waals surface area contributed by atoms with E-state index in [2.05, 4.69) is 0 Å². The Morgan fingerprint density at radius 2 is 1.73 bits per heavy atom. The smallest absolute Gasteiger partial charge is 0.264 e. The molecule has 2 aromatic heterocycles. The molecule has 0 spiro atoms. The van der Waals surface area contributed by atoms with Crippen LogP contribution in [0.15, 0.2) is 63.8 Å². The van der Waals surface area contributed by atoms with Gasteiger partial charge in [-0.25, -0.2) is 0 Å². The van der Waals surface area contributed by atoms with Crippen molar-refractivity contribution in [2.24, 2.45) is 0 Å². The molecule has 5 nitrogen and oxygen atoms in total. The molecule has 26 heavy (non-hydrogen) atoms. The van der Waals surface area contributed by atoms with Gasteiger partial charge in [0.15, 0.2) is 6.10 Å². The zero-order valence-electron chi connectivity index (χ0n) is 14.6. The Bertz CT molecular complexity index is 807. The zero-order chi connectivity index (χ0) is 18.5. The lowest BCUT2D eigenvalue weighted by Gasteiger charge is -2.24. The molecule has 1 aromatic carbocycles. The zero-order valence-corrected chi connectivity index (χ0v) is 15.4. The first-order chi connectivity index (χ1) is 12.5. The summed E-state index contributed by atoms with van der Waals surface area (Å²) in [5, 5.41) is 0.661. The highest BCUT2D eigenvalue weighted by Crippen LogP contribution is 2.22. The number of rotatable bonds is 7. The van der Waals surface area contributed by atoms with Gasteiger partial charge in [0.25, 0.3) is 5.91 Å². The molecule has 1 atom stereocenters. The van der Waals surface area contributed by atoms with Crippen LogP contribution in [0.3, 0.4) is 0 Å². The number of benzene rings is 1. The van der Waals surface area contributed by atoms with Crippen molar-refractivity contribution >= 4 is 17.5 Å². The lowest BCUT2D eigenvalue weighted by Crippen LogP contribution is -2.39. The Balaban J connectivity index is 1.73. The fourth-order valence-corrected chi connectivity index (χ4v) is 2.71. The number of carbonyl (C=O) groups excluding carboxylic acids is 1. The van der Waals surface area contributed by atoms with Gasteiger partial charge in [-0.05, 0) is 61.9 Å². The number of hydrogen-bond donors (Lipinski definition) is 0. The van der Waals surface area contributed by atoms with Crippen LogP contribution < -0.4 is 4.74 Å². The van der Waals surface area contributed by atoms with Crippen molar-refractivity contribution in [1.29, 1.82) is 0 Å². The minimum atomic E-state index is -0.666.